The Kier molecular flexibility index (Phi) is 4.41. The van der Waals surface area contributed by atoms with Crippen molar-refractivity contribution in [1.82, 2.24) is 0 Å². The highest BCUT2D eigenvalue weighted by Crippen LogP contribution is 2.17. The molecule has 1 rings (SSSR count). The normalized spacial score (nSPS) is 10.8. The van der Waals surface area contributed by atoms with E-state index in [9.17, 15) is 18.0 Å². The Bertz CT molecular complexity index is 630. The SMILES string of the molecule is C=CCOC(=O)c1ccc(S(=O)(=O)O)cc1C(=O)O. The lowest BCUT2D eigenvalue weighted by molar-refractivity contribution is 0.0536. The monoisotopic (exact) mass is 286 g/mol. The highest BCUT2D eigenvalue weighted by Gasteiger charge is 2.21. The standard InChI is InChI=1S/C11H10O7S/c1-2-5-18-11(14)8-4-3-7(19(15,16)17)6-9(8)10(12)13/h2-4,6H,1,5H2,(H,12,13)(H,15,16,17). The molecule has 1 aromatic rings. The van der Waals surface area contributed by atoms with Crippen molar-refractivity contribution in [3.05, 3.63) is 42.0 Å². The van der Waals surface area contributed by atoms with Gasteiger partial charge in [-0.25, -0.2) is 9.59 Å². The minimum atomic E-state index is -4.55. The number of carboxylic acid groups (broad SMARTS) is 1. The fraction of sp³-hybridized carbons (Fsp3) is 0.0909. The number of carbonyl (C=O) groups excluding carboxylic acids is 1. The van der Waals surface area contributed by atoms with Gasteiger partial charge in [0, 0.05) is 0 Å². The Balaban J connectivity index is 3.30. The van der Waals surface area contributed by atoms with Crippen LogP contribution in [0.5, 0.6) is 0 Å². The third-order valence-corrected chi connectivity index (χ3v) is 2.92. The smallest absolute Gasteiger partial charge is 0.339 e. The molecule has 0 radical (unpaired) electrons. The van der Waals surface area contributed by atoms with Crippen LogP contribution >= 0.6 is 0 Å². The molecule has 0 aliphatic rings. The average Bonchev–Trinajstić information content (AvgIpc) is 2.34. The van der Waals surface area contributed by atoms with E-state index < -0.39 is 32.5 Å². The number of benzene rings is 1. The number of hydrogen-bond acceptors (Lipinski definition) is 5. The maximum Gasteiger partial charge on any atom is 0.339 e. The van der Waals surface area contributed by atoms with Crippen LogP contribution in [0.1, 0.15) is 20.7 Å². The van der Waals surface area contributed by atoms with Crippen molar-refractivity contribution in [3.8, 4) is 0 Å². The Morgan fingerprint density at radius 3 is 2.42 bits per heavy atom. The molecule has 0 unspecified atom stereocenters. The second kappa shape index (κ2) is 5.63. The number of aromatic carboxylic acids is 1. The number of ether oxygens (including phenoxy) is 1. The van der Waals surface area contributed by atoms with Gasteiger partial charge in [0.25, 0.3) is 10.1 Å². The lowest BCUT2D eigenvalue weighted by atomic mass is 10.1. The number of hydrogen-bond donors (Lipinski definition) is 2. The second-order valence-corrected chi connectivity index (χ2v) is 4.80. The van der Waals surface area contributed by atoms with Gasteiger partial charge in [-0.2, -0.15) is 8.42 Å². The first-order valence-corrected chi connectivity index (χ1v) is 6.34. The van der Waals surface area contributed by atoms with Gasteiger partial charge >= 0.3 is 11.9 Å². The van der Waals surface area contributed by atoms with Gasteiger partial charge in [0.05, 0.1) is 16.0 Å². The average molecular weight is 286 g/mol. The molecule has 19 heavy (non-hydrogen) atoms. The summed E-state index contributed by atoms with van der Waals surface area (Å²) in [7, 11) is -4.55. The van der Waals surface area contributed by atoms with Crippen molar-refractivity contribution in [3.63, 3.8) is 0 Å². The minimum absolute atomic E-state index is 0.113. The zero-order valence-corrected chi connectivity index (χ0v) is 10.4. The van der Waals surface area contributed by atoms with E-state index in [1.807, 2.05) is 0 Å². The molecular weight excluding hydrogens is 276 g/mol. The molecular formula is C11H10O7S. The molecule has 1 aromatic carbocycles. The van der Waals surface area contributed by atoms with Crippen molar-refractivity contribution < 1.29 is 32.4 Å². The second-order valence-electron chi connectivity index (χ2n) is 3.37. The van der Waals surface area contributed by atoms with Crippen molar-refractivity contribution in [2.24, 2.45) is 0 Å². The lowest BCUT2D eigenvalue weighted by Crippen LogP contribution is -2.13. The van der Waals surface area contributed by atoms with Gasteiger partial charge in [-0.15, -0.1) is 0 Å². The largest absolute Gasteiger partial charge is 0.478 e. The molecule has 0 aliphatic carbocycles. The predicted molar refractivity (Wildman–Crippen MR) is 63.7 cm³/mol. The summed E-state index contributed by atoms with van der Waals surface area (Å²) >= 11 is 0. The molecule has 2 N–H and O–H groups in total. The van der Waals surface area contributed by atoms with E-state index in [0.29, 0.717) is 6.07 Å². The fourth-order valence-corrected chi connectivity index (χ4v) is 1.76. The lowest BCUT2D eigenvalue weighted by Gasteiger charge is -2.07. The zero-order chi connectivity index (χ0) is 14.6. The van der Waals surface area contributed by atoms with Gasteiger partial charge in [0.15, 0.2) is 0 Å². The third kappa shape index (κ3) is 3.63. The van der Waals surface area contributed by atoms with Gasteiger partial charge in [0.1, 0.15) is 6.61 Å². The predicted octanol–water partition coefficient (Wildman–Crippen LogP) is 0.974. The van der Waals surface area contributed by atoms with E-state index in [2.05, 4.69) is 11.3 Å². The fourth-order valence-electron chi connectivity index (χ4n) is 1.25. The summed E-state index contributed by atoms with van der Waals surface area (Å²) < 4.78 is 35.3. The Labute approximate surface area is 108 Å². The highest BCUT2D eigenvalue weighted by atomic mass is 32.2. The highest BCUT2D eigenvalue weighted by molar-refractivity contribution is 7.85. The Hall–Kier alpha value is -2.19. The number of rotatable bonds is 5. The van der Waals surface area contributed by atoms with Crippen molar-refractivity contribution >= 4 is 22.1 Å². The van der Waals surface area contributed by atoms with Crippen molar-refractivity contribution in [1.29, 1.82) is 0 Å². The van der Waals surface area contributed by atoms with E-state index in [1.54, 1.807) is 0 Å². The maximum absolute atomic E-state index is 11.5. The summed E-state index contributed by atoms with van der Waals surface area (Å²) in [5, 5.41) is 8.93. The molecule has 0 aromatic heterocycles. The topological polar surface area (TPSA) is 118 Å². The van der Waals surface area contributed by atoms with E-state index in [4.69, 9.17) is 9.66 Å². The van der Waals surface area contributed by atoms with Gasteiger partial charge in [-0.1, -0.05) is 12.7 Å². The number of carboxylic acids is 1. The van der Waals surface area contributed by atoms with Crippen LogP contribution < -0.4 is 0 Å². The van der Waals surface area contributed by atoms with Crippen LogP contribution in [-0.2, 0) is 14.9 Å². The van der Waals surface area contributed by atoms with Gasteiger partial charge in [0.2, 0.25) is 0 Å². The number of carbonyl (C=O) groups is 2. The molecule has 0 bridgehead atoms. The zero-order valence-electron chi connectivity index (χ0n) is 9.57. The van der Waals surface area contributed by atoms with Gasteiger partial charge < -0.3 is 9.84 Å². The van der Waals surface area contributed by atoms with Gasteiger partial charge in [-0.3, -0.25) is 4.55 Å². The van der Waals surface area contributed by atoms with Gasteiger partial charge in [-0.05, 0) is 18.2 Å². The molecule has 0 saturated carbocycles. The first-order chi connectivity index (χ1) is 8.77. The van der Waals surface area contributed by atoms with E-state index >= 15 is 0 Å². The van der Waals surface area contributed by atoms with Crippen LogP contribution in [0.25, 0.3) is 0 Å². The summed E-state index contributed by atoms with van der Waals surface area (Å²) in [6.07, 6.45) is 1.30. The maximum atomic E-state index is 11.5. The van der Waals surface area contributed by atoms with Crippen LogP contribution in [0.3, 0.4) is 0 Å². The van der Waals surface area contributed by atoms with Crippen LogP contribution in [-0.4, -0.2) is 36.6 Å². The molecule has 102 valence electrons. The molecule has 0 aliphatic heterocycles. The van der Waals surface area contributed by atoms with Crippen LogP contribution in [0.4, 0.5) is 0 Å². The van der Waals surface area contributed by atoms with E-state index in [-0.39, 0.29) is 12.2 Å². The molecule has 0 heterocycles. The Morgan fingerprint density at radius 1 is 1.32 bits per heavy atom. The summed E-state index contributed by atoms with van der Waals surface area (Å²) in [6, 6.07) is 2.55. The summed E-state index contributed by atoms with van der Waals surface area (Å²) in [6.45, 7) is 3.21. The first-order valence-electron chi connectivity index (χ1n) is 4.90. The summed E-state index contributed by atoms with van der Waals surface area (Å²) in [5.41, 5.74) is -0.897. The van der Waals surface area contributed by atoms with Crippen molar-refractivity contribution in [2.75, 3.05) is 6.61 Å². The molecule has 0 spiro atoms. The quantitative estimate of drug-likeness (QED) is 0.470. The Morgan fingerprint density at radius 2 is 1.95 bits per heavy atom. The molecule has 0 atom stereocenters. The van der Waals surface area contributed by atoms with Crippen LogP contribution in [0.15, 0.2) is 35.7 Å². The number of esters is 1. The molecule has 0 fully saturated rings. The minimum Gasteiger partial charge on any atom is -0.478 e. The van der Waals surface area contributed by atoms with E-state index in [1.165, 1.54) is 6.08 Å². The summed E-state index contributed by atoms with van der Waals surface area (Å²) in [5.74, 6) is -2.45. The molecule has 0 saturated heterocycles. The molecule has 8 heteroatoms. The van der Waals surface area contributed by atoms with E-state index in [0.717, 1.165) is 12.1 Å². The molecule has 0 amide bonds. The summed E-state index contributed by atoms with van der Waals surface area (Å²) in [4.78, 5) is 21.9. The van der Waals surface area contributed by atoms with Crippen LogP contribution in [0.2, 0.25) is 0 Å². The molecule has 7 nitrogen and oxygen atoms in total. The van der Waals surface area contributed by atoms with Crippen LogP contribution in [0, 0.1) is 0 Å². The first kappa shape index (κ1) is 14.9. The van der Waals surface area contributed by atoms with Crippen molar-refractivity contribution in [2.45, 2.75) is 4.90 Å². The third-order valence-electron chi connectivity index (χ3n) is 2.07.